The Morgan fingerprint density at radius 1 is 1.15 bits per heavy atom. The summed E-state index contributed by atoms with van der Waals surface area (Å²) < 4.78 is 0. The molecule has 5 heteroatoms. The van der Waals surface area contributed by atoms with Crippen molar-refractivity contribution < 1.29 is 14.5 Å². The molecule has 0 aliphatic heterocycles. The van der Waals surface area contributed by atoms with Crippen molar-refractivity contribution in [1.82, 2.24) is 10.6 Å². The molecule has 0 aromatic carbocycles. The highest BCUT2D eigenvalue weighted by atomic mass is 16.2. The van der Waals surface area contributed by atoms with Gasteiger partial charge in [0.15, 0.2) is 13.1 Å². The summed E-state index contributed by atoms with van der Waals surface area (Å²) in [6.07, 6.45) is 5.70. The number of quaternary nitrogens is 1. The number of hydrogen-bond donors (Lipinski definition) is 3. The van der Waals surface area contributed by atoms with Crippen molar-refractivity contribution in [3.8, 4) is 0 Å². The average molecular weight is 284 g/mol. The number of hydrogen-bond acceptors (Lipinski definition) is 2. The van der Waals surface area contributed by atoms with Crippen molar-refractivity contribution in [2.75, 3.05) is 26.7 Å². The predicted molar refractivity (Wildman–Crippen MR) is 79.5 cm³/mol. The molecule has 1 rings (SSSR count). The van der Waals surface area contributed by atoms with Crippen LogP contribution in [0.25, 0.3) is 0 Å². The van der Waals surface area contributed by atoms with Crippen LogP contribution < -0.4 is 15.5 Å². The van der Waals surface area contributed by atoms with Gasteiger partial charge in [-0.3, -0.25) is 9.59 Å². The van der Waals surface area contributed by atoms with Crippen LogP contribution in [-0.4, -0.2) is 44.5 Å². The molecule has 20 heavy (non-hydrogen) atoms. The molecule has 5 nitrogen and oxygen atoms in total. The number of carbonyl (C=O) groups excluding carboxylic acids is 2. The summed E-state index contributed by atoms with van der Waals surface area (Å²) in [6, 6.07) is 0.318. The van der Waals surface area contributed by atoms with Gasteiger partial charge in [0.1, 0.15) is 0 Å². The zero-order valence-electron chi connectivity index (χ0n) is 13.1. The lowest BCUT2D eigenvalue weighted by Gasteiger charge is -2.29. The van der Waals surface area contributed by atoms with Gasteiger partial charge < -0.3 is 15.5 Å². The van der Waals surface area contributed by atoms with Gasteiger partial charge >= 0.3 is 0 Å². The van der Waals surface area contributed by atoms with Gasteiger partial charge in [0.25, 0.3) is 11.8 Å². The maximum Gasteiger partial charge on any atom is 0.275 e. The Kier molecular flexibility index (Phi) is 7.59. The minimum Gasteiger partial charge on any atom is -0.351 e. The van der Waals surface area contributed by atoms with E-state index in [0.717, 1.165) is 17.7 Å². The van der Waals surface area contributed by atoms with Gasteiger partial charge in [0.05, 0.1) is 7.05 Å². The van der Waals surface area contributed by atoms with E-state index in [1.807, 2.05) is 14.0 Å². The van der Waals surface area contributed by atoms with Crippen LogP contribution in [0.3, 0.4) is 0 Å². The zero-order chi connectivity index (χ0) is 15.0. The van der Waals surface area contributed by atoms with Crippen LogP contribution in [0.4, 0.5) is 0 Å². The van der Waals surface area contributed by atoms with Crippen molar-refractivity contribution >= 4 is 11.8 Å². The van der Waals surface area contributed by atoms with E-state index in [9.17, 15) is 9.59 Å². The molecule has 116 valence electrons. The topological polar surface area (TPSA) is 62.6 Å². The standard InChI is InChI=1S/C15H29N3O2/c1-4-9-16-14(19)10-18(3)11-15(20)17-13-8-6-5-7-12(13)2/h12-13H,4-11H2,1-3H3,(H,16,19)(H,17,20)/p+1/t12-,13-/m0/s1. The number of amides is 2. The molecule has 0 spiro atoms. The van der Waals surface area contributed by atoms with E-state index in [1.165, 1.54) is 19.3 Å². The lowest BCUT2D eigenvalue weighted by Crippen LogP contribution is -3.11. The maximum atomic E-state index is 12.0. The van der Waals surface area contributed by atoms with Crippen LogP contribution in [0, 0.1) is 5.92 Å². The van der Waals surface area contributed by atoms with E-state index in [4.69, 9.17) is 0 Å². The molecule has 2 amide bonds. The highest BCUT2D eigenvalue weighted by Gasteiger charge is 2.24. The zero-order valence-corrected chi connectivity index (χ0v) is 13.1. The van der Waals surface area contributed by atoms with Crippen LogP contribution in [0.2, 0.25) is 0 Å². The first-order chi connectivity index (χ1) is 9.52. The Balaban J connectivity index is 2.25. The lowest BCUT2D eigenvalue weighted by atomic mass is 9.86. The monoisotopic (exact) mass is 284 g/mol. The molecule has 3 N–H and O–H groups in total. The third-order valence-corrected chi connectivity index (χ3v) is 3.95. The molecule has 1 aliphatic carbocycles. The van der Waals surface area contributed by atoms with Gasteiger partial charge in [-0.25, -0.2) is 0 Å². The molecule has 1 unspecified atom stereocenters. The minimum absolute atomic E-state index is 0.0168. The van der Waals surface area contributed by atoms with Crippen LogP contribution in [0.1, 0.15) is 46.0 Å². The summed E-state index contributed by atoms with van der Waals surface area (Å²) in [4.78, 5) is 24.5. The van der Waals surface area contributed by atoms with Crippen molar-refractivity contribution in [2.45, 2.75) is 52.0 Å². The second-order valence-electron chi connectivity index (χ2n) is 6.10. The van der Waals surface area contributed by atoms with Crippen molar-refractivity contribution in [1.29, 1.82) is 0 Å². The van der Waals surface area contributed by atoms with Gasteiger partial charge in [0, 0.05) is 12.6 Å². The number of nitrogens with one attached hydrogen (secondary N) is 3. The molecule has 0 aromatic heterocycles. The largest absolute Gasteiger partial charge is 0.351 e. The second-order valence-corrected chi connectivity index (χ2v) is 6.10. The molecule has 0 aromatic rings. The van der Waals surface area contributed by atoms with Crippen molar-refractivity contribution in [2.24, 2.45) is 5.92 Å². The van der Waals surface area contributed by atoms with Gasteiger partial charge in [-0.05, 0) is 25.2 Å². The fourth-order valence-corrected chi connectivity index (χ4v) is 2.73. The predicted octanol–water partition coefficient (Wildman–Crippen LogP) is -0.278. The van der Waals surface area contributed by atoms with Crippen LogP contribution in [-0.2, 0) is 9.59 Å². The quantitative estimate of drug-likeness (QED) is 0.602. The first-order valence-electron chi connectivity index (χ1n) is 7.90. The normalized spacial score (nSPS) is 23.9. The maximum absolute atomic E-state index is 12.0. The summed E-state index contributed by atoms with van der Waals surface area (Å²) in [6.45, 7) is 5.66. The number of carbonyl (C=O) groups is 2. The van der Waals surface area contributed by atoms with Crippen molar-refractivity contribution in [3.05, 3.63) is 0 Å². The highest BCUT2D eigenvalue weighted by Crippen LogP contribution is 2.23. The Labute approximate surface area is 122 Å². The molecule has 1 aliphatic rings. The Bertz CT molecular complexity index is 320. The van der Waals surface area contributed by atoms with Gasteiger partial charge in [-0.1, -0.05) is 26.7 Å². The lowest BCUT2D eigenvalue weighted by molar-refractivity contribution is -0.862. The molecular formula is C15H30N3O2+. The minimum atomic E-state index is 0.0168. The van der Waals surface area contributed by atoms with Crippen LogP contribution in [0.5, 0.6) is 0 Å². The third-order valence-electron chi connectivity index (χ3n) is 3.95. The number of rotatable bonds is 7. The summed E-state index contributed by atoms with van der Waals surface area (Å²) in [5.74, 6) is 0.647. The van der Waals surface area contributed by atoms with E-state index >= 15 is 0 Å². The molecule has 1 saturated carbocycles. The van der Waals surface area contributed by atoms with Gasteiger partial charge in [-0.2, -0.15) is 0 Å². The van der Waals surface area contributed by atoms with E-state index < -0.39 is 0 Å². The highest BCUT2D eigenvalue weighted by molar-refractivity contribution is 5.79. The van der Waals surface area contributed by atoms with E-state index in [1.54, 1.807) is 0 Å². The van der Waals surface area contributed by atoms with Gasteiger partial charge in [0.2, 0.25) is 0 Å². The molecule has 0 heterocycles. The summed E-state index contributed by atoms with van der Waals surface area (Å²) in [5, 5.41) is 5.96. The Morgan fingerprint density at radius 2 is 1.80 bits per heavy atom. The van der Waals surface area contributed by atoms with Gasteiger partial charge in [-0.15, -0.1) is 0 Å². The SMILES string of the molecule is CCCNC(=O)C[NH+](C)CC(=O)N[C@H]1CCCC[C@@H]1C. The average Bonchev–Trinajstić information content (AvgIpc) is 2.38. The molecule has 0 radical (unpaired) electrons. The van der Waals surface area contributed by atoms with Crippen LogP contribution in [0.15, 0.2) is 0 Å². The Hall–Kier alpha value is -1.10. The molecular weight excluding hydrogens is 254 g/mol. The second kappa shape index (κ2) is 8.95. The molecule has 1 fully saturated rings. The summed E-state index contributed by atoms with van der Waals surface area (Å²) >= 11 is 0. The molecule has 0 saturated heterocycles. The van der Waals surface area contributed by atoms with Crippen molar-refractivity contribution in [3.63, 3.8) is 0 Å². The fourth-order valence-electron chi connectivity index (χ4n) is 2.73. The van der Waals surface area contributed by atoms with E-state index in [-0.39, 0.29) is 11.8 Å². The smallest absolute Gasteiger partial charge is 0.275 e. The van der Waals surface area contributed by atoms with E-state index in [0.29, 0.717) is 31.6 Å². The molecule has 0 bridgehead atoms. The summed E-state index contributed by atoms with van der Waals surface area (Å²) in [5.41, 5.74) is 0. The third kappa shape index (κ3) is 6.37. The first kappa shape index (κ1) is 17.0. The van der Waals surface area contributed by atoms with Crippen LogP contribution >= 0.6 is 0 Å². The fraction of sp³-hybridized carbons (Fsp3) is 0.867. The summed E-state index contributed by atoms with van der Waals surface area (Å²) in [7, 11) is 1.88. The molecule has 3 atom stereocenters. The van der Waals surface area contributed by atoms with E-state index in [2.05, 4.69) is 17.6 Å². The first-order valence-corrected chi connectivity index (χ1v) is 7.90. The number of likely N-dealkylation sites (N-methyl/N-ethyl adjacent to an activating group) is 1. The Morgan fingerprint density at radius 3 is 2.45 bits per heavy atom.